The number of nitrogens with zero attached hydrogens (tertiary/aromatic N) is 2. The molecule has 0 radical (unpaired) electrons. The Hall–Kier alpha value is -4.39. The summed E-state index contributed by atoms with van der Waals surface area (Å²) in [7, 11) is 6.55. The van der Waals surface area contributed by atoms with E-state index in [4.69, 9.17) is 40.0 Å². The van der Waals surface area contributed by atoms with Gasteiger partial charge in [0.25, 0.3) is 0 Å². The van der Waals surface area contributed by atoms with Crippen molar-refractivity contribution in [2.75, 3.05) is 47.7 Å². The standard InChI is InChI=1S/C23H36N2O7.C13H18ClNO3/c1-17(15-18-11-7-8-12-19(18)29-6)25(5)22(28)31-16-30-20(26)13-9-10-14-24-21(27)32-23(2,3)4;1-10(15(2)13(16)18-9-14)8-11-6-4-5-7-12(11)17-3/h7-8,11-12,17H,9-10,13-16H2,1-6H3,(H,24,27);4-7,10H,8-9H2,1-3H3. The van der Waals surface area contributed by atoms with E-state index in [2.05, 4.69) is 5.32 Å². The second-order valence-corrected chi connectivity index (χ2v) is 12.6. The van der Waals surface area contributed by atoms with Gasteiger partial charge in [-0.15, -0.1) is 0 Å². The van der Waals surface area contributed by atoms with Crippen LogP contribution in [0.3, 0.4) is 0 Å². The molecule has 280 valence electrons. The zero-order valence-corrected chi connectivity index (χ0v) is 31.5. The number of likely N-dealkylation sites (N-methyl/N-ethyl adjacent to an activating group) is 2. The Morgan fingerprint density at radius 1 is 0.760 bits per heavy atom. The molecule has 0 aliphatic rings. The highest BCUT2D eigenvalue weighted by Gasteiger charge is 2.20. The fourth-order valence-corrected chi connectivity index (χ4v) is 4.47. The molecule has 1 N–H and O–H groups in total. The zero-order valence-electron chi connectivity index (χ0n) is 30.8. The first-order chi connectivity index (χ1) is 23.6. The Morgan fingerprint density at radius 3 is 1.70 bits per heavy atom. The minimum atomic E-state index is -0.582. The van der Waals surface area contributed by atoms with Crippen molar-refractivity contribution in [3.63, 3.8) is 0 Å². The van der Waals surface area contributed by atoms with E-state index < -0.39 is 36.6 Å². The number of ether oxygens (including phenoxy) is 6. The number of esters is 1. The average Bonchev–Trinajstić information content (AvgIpc) is 3.07. The van der Waals surface area contributed by atoms with Crippen LogP contribution in [0.5, 0.6) is 11.5 Å². The number of para-hydroxylation sites is 2. The molecule has 0 aromatic heterocycles. The smallest absolute Gasteiger partial charge is 0.412 e. The first kappa shape index (κ1) is 43.6. The van der Waals surface area contributed by atoms with Gasteiger partial charge in [-0.2, -0.15) is 0 Å². The maximum atomic E-state index is 12.2. The molecule has 13 nitrogen and oxygen atoms in total. The molecule has 0 aliphatic carbocycles. The summed E-state index contributed by atoms with van der Waals surface area (Å²) in [5.74, 6) is 1.11. The van der Waals surface area contributed by atoms with Crippen LogP contribution in [0, 0.1) is 0 Å². The number of rotatable bonds is 16. The minimum absolute atomic E-state index is 0.00276. The van der Waals surface area contributed by atoms with Crippen LogP contribution in [0.4, 0.5) is 14.4 Å². The van der Waals surface area contributed by atoms with Crippen LogP contribution in [0.25, 0.3) is 0 Å². The Morgan fingerprint density at radius 2 is 1.24 bits per heavy atom. The van der Waals surface area contributed by atoms with Gasteiger partial charge < -0.3 is 43.5 Å². The van der Waals surface area contributed by atoms with E-state index in [1.54, 1.807) is 49.1 Å². The van der Waals surface area contributed by atoms with Crippen LogP contribution >= 0.6 is 11.6 Å². The van der Waals surface area contributed by atoms with Crippen LogP contribution in [0.1, 0.15) is 65.0 Å². The van der Waals surface area contributed by atoms with Crippen molar-refractivity contribution in [3.05, 3.63) is 59.7 Å². The number of alkyl carbamates (subject to hydrolysis) is 1. The molecule has 0 aliphatic heterocycles. The molecule has 0 bridgehead atoms. The van der Waals surface area contributed by atoms with E-state index in [0.717, 1.165) is 22.6 Å². The lowest BCUT2D eigenvalue weighted by Crippen LogP contribution is -2.37. The number of carbonyl (C=O) groups is 4. The van der Waals surface area contributed by atoms with Gasteiger partial charge in [-0.1, -0.05) is 48.0 Å². The van der Waals surface area contributed by atoms with Crippen molar-refractivity contribution in [2.45, 2.75) is 84.4 Å². The van der Waals surface area contributed by atoms with Crippen molar-refractivity contribution < 1.29 is 47.6 Å². The van der Waals surface area contributed by atoms with Gasteiger partial charge in [-0.25, -0.2) is 14.4 Å². The lowest BCUT2D eigenvalue weighted by atomic mass is 10.1. The van der Waals surface area contributed by atoms with Crippen LogP contribution in [0.2, 0.25) is 0 Å². The molecule has 0 saturated carbocycles. The molecule has 0 fully saturated rings. The molecule has 0 spiro atoms. The van der Waals surface area contributed by atoms with Crippen LogP contribution < -0.4 is 14.8 Å². The fourth-order valence-electron chi connectivity index (χ4n) is 4.38. The van der Waals surface area contributed by atoms with Gasteiger partial charge >= 0.3 is 24.2 Å². The van der Waals surface area contributed by atoms with E-state index in [1.165, 1.54) is 9.80 Å². The fraction of sp³-hybridized carbons (Fsp3) is 0.556. The number of methoxy groups -OCH3 is 2. The van der Waals surface area contributed by atoms with E-state index in [-0.39, 0.29) is 24.6 Å². The number of alkyl halides is 1. The molecule has 3 amide bonds. The summed E-state index contributed by atoms with van der Waals surface area (Å²) < 4.78 is 30.5. The molecule has 2 unspecified atom stereocenters. The molecule has 50 heavy (non-hydrogen) atoms. The number of amides is 3. The lowest BCUT2D eigenvalue weighted by molar-refractivity contribution is -0.152. The van der Waals surface area contributed by atoms with E-state index in [1.807, 2.05) is 62.4 Å². The van der Waals surface area contributed by atoms with Crippen molar-refractivity contribution >= 4 is 35.8 Å². The molecule has 0 heterocycles. The zero-order chi connectivity index (χ0) is 37.7. The highest BCUT2D eigenvalue weighted by molar-refractivity contribution is 6.17. The summed E-state index contributed by atoms with van der Waals surface area (Å²) in [4.78, 5) is 50.0. The largest absolute Gasteiger partial charge is 0.496 e. The molecule has 14 heteroatoms. The number of halogens is 1. The third-order valence-electron chi connectivity index (χ3n) is 7.37. The highest BCUT2D eigenvalue weighted by atomic mass is 35.5. The predicted molar refractivity (Wildman–Crippen MR) is 191 cm³/mol. The van der Waals surface area contributed by atoms with Gasteiger partial charge in [0.05, 0.1) is 14.2 Å². The Bertz CT molecular complexity index is 1340. The number of hydrogen-bond acceptors (Lipinski definition) is 10. The van der Waals surface area contributed by atoms with E-state index in [0.29, 0.717) is 32.2 Å². The van der Waals surface area contributed by atoms with Gasteiger partial charge in [-0.05, 0) is 83.6 Å². The summed E-state index contributed by atoms with van der Waals surface area (Å²) in [5.41, 5.74) is 1.48. The van der Waals surface area contributed by atoms with Gasteiger partial charge in [0.2, 0.25) is 6.79 Å². The van der Waals surface area contributed by atoms with E-state index in [9.17, 15) is 19.2 Å². The molecule has 2 atom stereocenters. The first-order valence-corrected chi connectivity index (χ1v) is 16.9. The second-order valence-electron chi connectivity index (χ2n) is 12.4. The summed E-state index contributed by atoms with van der Waals surface area (Å²) >= 11 is 5.36. The number of hydrogen-bond donors (Lipinski definition) is 1. The maximum absolute atomic E-state index is 12.2. The van der Waals surface area contributed by atoms with Crippen molar-refractivity contribution in [2.24, 2.45) is 0 Å². The van der Waals surface area contributed by atoms with Crippen LogP contribution in [-0.2, 0) is 36.6 Å². The SMILES string of the molecule is COc1ccccc1CC(C)N(C)C(=O)OCCl.COc1ccccc1CC(C)N(C)C(=O)OCOC(=O)CCCCNC(=O)OC(C)(C)C. The predicted octanol–water partition coefficient (Wildman–Crippen LogP) is 6.78. The third-order valence-corrected chi connectivity index (χ3v) is 7.48. The maximum Gasteiger partial charge on any atom is 0.412 e. The normalized spacial score (nSPS) is 11.8. The quantitative estimate of drug-likeness (QED) is 0.0648. The van der Waals surface area contributed by atoms with Crippen molar-refractivity contribution in [3.8, 4) is 11.5 Å². The molecule has 2 aromatic carbocycles. The van der Waals surface area contributed by atoms with Crippen LogP contribution in [0.15, 0.2) is 48.5 Å². The van der Waals surface area contributed by atoms with Gasteiger partial charge in [0.1, 0.15) is 17.1 Å². The third kappa shape index (κ3) is 17.3. The lowest BCUT2D eigenvalue weighted by Gasteiger charge is -2.24. The number of unbranched alkanes of at least 4 members (excludes halogenated alkanes) is 1. The number of benzene rings is 2. The molecular formula is C36H54ClN3O10. The summed E-state index contributed by atoms with van der Waals surface area (Å²) in [5, 5.41) is 2.62. The minimum Gasteiger partial charge on any atom is -0.496 e. The van der Waals surface area contributed by atoms with Crippen molar-refractivity contribution in [1.29, 1.82) is 0 Å². The first-order valence-electron chi connectivity index (χ1n) is 16.3. The topological polar surface area (TPSA) is 142 Å². The van der Waals surface area contributed by atoms with Gasteiger partial charge in [-0.3, -0.25) is 4.79 Å². The van der Waals surface area contributed by atoms with Gasteiger partial charge in [0, 0.05) is 39.1 Å². The van der Waals surface area contributed by atoms with Crippen molar-refractivity contribution in [1.82, 2.24) is 15.1 Å². The monoisotopic (exact) mass is 723 g/mol. The molecule has 2 aromatic rings. The van der Waals surface area contributed by atoms with E-state index >= 15 is 0 Å². The second kappa shape index (κ2) is 23.1. The number of nitrogens with one attached hydrogen (secondary N) is 1. The summed E-state index contributed by atoms with van der Waals surface area (Å²) in [6.07, 6.45) is 1.07. The Kier molecular flexibility index (Phi) is 20.2. The molecule has 2 rings (SSSR count). The van der Waals surface area contributed by atoms with Gasteiger partial charge in [0.15, 0.2) is 6.07 Å². The van der Waals surface area contributed by atoms with Crippen LogP contribution in [-0.4, -0.2) is 99.5 Å². The summed E-state index contributed by atoms with van der Waals surface area (Å²) in [6, 6.07) is 15.1. The molecular weight excluding hydrogens is 670 g/mol. The summed E-state index contributed by atoms with van der Waals surface area (Å²) in [6.45, 7) is 9.15. The number of carbonyl (C=O) groups excluding carboxylic acids is 4. The highest BCUT2D eigenvalue weighted by Crippen LogP contribution is 2.21. The average molecular weight is 724 g/mol. The molecule has 0 saturated heterocycles. The Labute approximate surface area is 301 Å². The Balaban J connectivity index is 0.000000585.